The van der Waals surface area contributed by atoms with Crippen molar-refractivity contribution in [3.05, 3.63) is 0 Å². The van der Waals surface area contributed by atoms with Crippen LogP contribution in [0.1, 0.15) is 27.7 Å². The van der Waals surface area contributed by atoms with Gasteiger partial charge >= 0.3 is 12.1 Å². The minimum absolute atomic E-state index is 0.419. The Bertz CT molecular complexity index is 684. The number of β-lactam (4-membered cyclic amide) rings is 1. The molecule has 2 saturated heterocycles. The predicted octanol–water partition coefficient (Wildman–Crippen LogP) is -0.599. The maximum Gasteiger partial charge on any atom is 0.511 e. The van der Waals surface area contributed by atoms with Gasteiger partial charge in [-0.25, -0.2) is 18.0 Å². The first kappa shape index (κ1) is 19.4. The summed E-state index contributed by atoms with van der Waals surface area (Å²) in [6.07, 6.45) is -1.46. The Balaban J connectivity index is 2.09. The number of hydrogen-bond donors (Lipinski definition) is 1. The molecule has 0 spiro atoms. The summed E-state index contributed by atoms with van der Waals surface area (Å²) in [5.41, 5.74) is 0. The number of sulfone groups is 1. The topological polar surface area (TPSA) is 137 Å². The Morgan fingerprint density at radius 1 is 1.28 bits per heavy atom. The van der Waals surface area contributed by atoms with Crippen molar-refractivity contribution < 1.29 is 42.1 Å². The van der Waals surface area contributed by atoms with Crippen molar-refractivity contribution in [2.75, 3.05) is 13.4 Å². The zero-order valence-corrected chi connectivity index (χ0v) is 15.1. The molecule has 2 fully saturated rings. The van der Waals surface area contributed by atoms with E-state index in [9.17, 15) is 27.9 Å². The average Bonchev–Trinajstić information content (AvgIpc) is 2.61. The van der Waals surface area contributed by atoms with Crippen LogP contribution in [0.15, 0.2) is 0 Å². The Hall–Kier alpha value is -1.88. The van der Waals surface area contributed by atoms with Crippen LogP contribution in [0.25, 0.3) is 0 Å². The van der Waals surface area contributed by atoms with Gasteiger partial charge in [-0.2, -0.15) is 0 Å². The van der Waals surface area contributed by atoms with Crippen molar-refractivity contribution >= 4 is 27.9 Å². The van der Waals surface area contributed by atoms with Crippen LogP contribution >= 0.6 is 0 Å². The molecule has 0 bridgehead atoms. The second kappa shape index (κ2) is 6.45. The molecule has 2 heterocycles. The fourth-order valence-electron chi connectivity index (χ4n) is 3.00. The summed E-state index contributed by atoms with van der Waals surface area (Å²) in [6, 6.07) is -1.39. The van der Waals surface area contributed by atoms with E-state index in [1.165, 1.54) is 13.8 Å². The van der Waals surface area contributed by atoms with Gasteiger partial charge in [-0.1, -0.05) is 0 Å². The number of hydrogen-bond acceptors (Lipinski definition) is 9. The highest BCUT2D eigenvalue weighted by molar-refractivity contribution is 7.93. The van der Waals surface area contributed by atoms with E-state index in [0.29, 0.717) is 0 Å². The summed E-state index contributed by atoms with van der Waals surface area (Å²) in [6.45, 7) is 4.43. The first-order valence-electron chi connectivity index (χ1n) is 7.63. The van der Waals surface area contributed by atoms with Gasteiger partial charge in [0, 0.05) is 0 Å². The molecule has 3 atom stereocenters. The second-order valence-corrected chi connectivity index (χ2v) is 9.24. The van der Waals surface area contributed by atoms with Crippen LogP contribution in [0, 0.1) is 5.92 Å². The highest BCUT2D eigenvalue weighted by atomic mass is 32.2. The lowest BCUT2D eigenvalue weighted by atomic mass is 9.92. The number of nitrogens with zero attached hydrogens (tertiary/aromatic N) is 1. The number of carbonyl (C=O) groups is 3. The standard InChI is InChI=1S/C14H21NO9S/c1-7(2)24-13(19)23-6-22-12(18)9-14(3,4)25(20,21)11-8(5-16)10(17)15(9)11/h7-9,11,16H,5-6H2,1-4H3/t8-,9+,11-/m1/s1. The minimum atomic E-state index is -3.90. The van der Waals surface area contributed by atoms with E-state index in [2.05, 4.69) is 9.47 Å². The summed E-state index contributed by atoms with van der Waals surface area (Å²) in [4.78, 5) is 36.5. The molecule has 2 aliphatic heterocycles. The number of aliphatic hydroxyl groups excluding tert-OH is 1. The van der Waals surface area contributed by atoms with Crippen LogP contribution in [0.2, 0.25) is 0 Å². The smallest absolute Gasteiger partial charge is 0.431 e. The van der Waals surface area contributed by atoms with Gasteiger partial charge < -0.3 is 24.2 Å². The third-order valence-electron chi connectivity index (χ3n) is 4.31. The molecule has 0 saturated carbocycles. The fourth-order valence-corrected chi connectivity index (χ4v) is 5.30. The molecule has 0 aliphatic carbocycles. The van der Waals surface area contributed by atoms with Crippen molar-refractivity contribution in [3.8, 4) is 0 Å². The number of esters is 1. The van der Waals surface area contributed by atoms with Gasteiger partial charge in [-0.15, -0.1) is 0 Å². The molecule has 1 N–H and O–H groups in total. The van der Waals surface area contributed by atoms with Gasteiger partial charge in [0.25, 0.3) is 0 Å². The van der Waals surface area contributed by atoms with Crippen LogP contribution in [-0.2, 0) is 33.6 Å². The molecule has 2 aliphatic rings. The SMILES string of the molecule is CC(C)OC(=O)OCOC(=O)[C@@H]1N2C(=O)[C@@H](CO)[C@H]2S(=O)(=O)C1(C)C. The quantitative estimate of drug-likeness (QED) is 0.377. The van der Waals surface area contributed by atoms with E-state index in [4.69, 9.17) is 4.74 Å². The molecule has 142 valence electrons. The molecule has 1 amide bonds. The van der Waals surface area contributed by atoms with Gasteiger partial charge in [-0.05, 0) is 27.7 Å². The zero-order valence-electron chi connectivity index (χ0n) is 14.3. The van der Waals surface area contributed by atoms with E-state index in [1.807, 2.05) is 0 Å². The maximum atomic E-state index is 12.6. The normalized spacial score (nSPS) is 29.0. The lowest BCUT2D eigenvalue weighted by Gasteiger charge is -2.42. The van der Waals surface area contributed by atoms with Gasteiger partial charge in [0.15, 0.2) is 9.84 Å². The van der Waals surface area contributed by atoms with Crippen LogP contribution in [0.5, 0.6) is 0 Å². The summed E-state index contributed by atoms with van der Waals surface area (Å²) in [5, 5.41) is 7.95. The van der Waals surface area contributed by atoms with Crippen LogP contribution in [0.3, 0.4) is 0 Å². The number of carbonyl (C=O) groups excluding carboxylic acids is 3. The largest absolute Gasteiger partial charge is 0.511 e. The number of amides is 1. The summed E-state index contributed by atoms with van der Waals surface area (Å²) < 4.78 is 37.6. The van der Waals surface area contributed by atoms with Gasteiger partial charge in [0.05, 0.1) is 23.4 Å². The highest BCUT2D eigenvalue weighted by Gasteiger charge is 2.72. The molecule has 25 heavy (non-hydrogen) atoms. The molecule has 10 nitrogen and oxygen atoms in total. The molecule has 0 aromatic heterocycles. The number of rotatable bonds is 5. The third-order valence-corrected chi connectivity index (χ3v) is 7.19. The van der Waals surface area contributed by atoms with Crippen LogP contribution in [0.4, 0.5) is 4.79 Å². The Kier molecular flexibility index (Phi) is 5.01. The van der Waals surface area contributed by atoms with E-state index in [-0.39, 0.29) is 0 Å². The summed E-state index contributed by atoms with van der Waals surface area (Å²) in [5.74, 6) is -2.73. The molecular formula is C14H21NO9S. The molecule has 11 heteroatoms. The third kappa shape index (κ3) is 2.95. The predicted molar refractivity (Wildman–Crippen MR) is 81.7 cm³/mol. The van der Waals surface area contributed by atoms with E-state index in [0.717, 1.165) is 4.90 Å². The minimum Gasteiger partial charge on any atom is -0.431 e. The molecule has 0 unspecified atom stereocenters. The van der Waals surface area contributed by atoms with Crippen LogP contribution in [-0.4, -0.2) is 72.1 Å². The average molecular weight is 379 g/mol. The lowest BCUT2D eigenvalue weighted by Crippen LogP contribution is -2.64. The van der Waals surface area contributed by atoms with E-state index >= 15 is 0 Å². The Morgan fingerprint density at radius 2 is 1.88 bits per heavy atom. The first-order valence-corrected chi connectivity index (χ1v) is 9.18. The van der Waals surface area contributed by atoms with E-state index < -0.39 is 69.5 Å². The molecule has 2 rings (SSSR count). The maximum absolute atomic E-state index is 12.6. The second-order valence-electron chi connectivity index (χ2n) is 6.62. The van der Waals surface area contributed by atoms with Crippen molar-refractivity contribution in [2.24, 2.45) is 5.92 Å². The highest BCUT2D eigenvalue weighted by Crippen LogP contribution is 2.48. The number of fused-ring (bicyclic) bond motifs is 1. The summed E-state index contributed by atoms with van der Waals surface area (Å²) >= 11 is 0. The number of ether oxygens (including phenoxy) is 3. The molecule has 0 radical (unpaired) electrons. The monoisotopic (exact) mass is 379 g/mol. The fraction of sp³-hybridized carbons (Fsp3) is 0.786. The van der Waals surface area contributed by atoms with Gasteiger partial charge in [0.1, 0.15) is 11.4 Å². The van der Waals surface area contributed by atoms with Crippen molar-refractivity contribution in [1.82, 2.24) is 4.90 Å². The molecule has 0 aromatic rings. The Labute approximate surface area is 144 Å². The number of aliphatic hydroxyl groups is 1. The lowest BCUT2D eigenvalue weighted by molar-refractivity contribution is -0.173. The zero-order chi connectivity index (χ0) is 19.2. The Morgan fingerprint density at radius 3 is 2.40 bits per heavy atom. The van der Waals surface area contributed by atoms with Crippen molar-refractivity contribution in [2.45, 2.75) is 50.0 Å². The van der Waals surface area contributed by atoms with Crippen molar-refractivity contribution in [1.29, 1.82) is 0 Å². The van der Waals surface area contributed by atoms with E-state index in [1.54, 1.807) is 13.8 Å². The van der Waals surface area contributed by atoms with Crippen molar-refractivity contribution in [3.63, 3.8) is 0 Å². The molecule has 0 aromatic carbocycles. The van der Waals surface area contributed by atoms with Gasteiger partial charge in [0.2, 0.25) is 12.7 Å². The molecular weight excluding hydrogens is 358 g/mol. The van der Waals surface area contributed by atoms with Gasteiger partial charge in [-0.3, -0.25) is 4.79 Å². The summed E-state index contributed by atoms with van der Waals surface area (Å²) in [7, 11) is -3.90. The first-order chi connectivity index (χ1) is 11.5. The van der Waals surface area contributed by atoms with Crippen LogP contribution < -0.4 is 0 Å².